The van der Waals surface area contributed by atoms with E-state index in [2.05, 4.69) is 4.90 Å². The highest BCUT2D eigenvalue weighted by Gasteiger charge is 2.29. The third-order valence-electron chi connectivity index (χ3n) is 6.14. The minimum Gasteiger partial charge on any atom is -0.482 e. The Balaban J connectivity index is 1.32. The van der Waals surface area contributed by atoms with Crippen LogP contribution in [-0.4, -0.2) is 59.5 Å². The molecule has 2 aromatic heterocycles. The lowest BCUT2D eigenvalue weighted by Gasteiger charge is -2.36. The second-order valence-corrected chi connectivity index (χ2v) is 8.81. The Morgan fingerprint density at radius 2 is 1.75 bits per heavy atom. The normalized spacial score (nSPS) is 14.8. The summed E-state index contributed by atoms with van der Waals surface area (Å²) in [6.45, 7) is 4.28. The number of ether oxygens (including phenoxy) is 1. The van der Waals surface area contributed by atoms with E-state index < -0.39 is 12.8 Å². The van der Waals surface area contributed by atoms with Gasteiger partial charge in [0, 0.05) is 44.5 Å². The van der Waals surface area contributed by atoms with Crippen molar-refractivity contribution in [1.82, 2.24) is 14.0 Å². The van der Waals surface area contributed by atoms with Gasteiger partial charge in [-0.15, -0.1) is 0 Å². The van der Waals surface area contributed by atoms with E-state index in [4.69, 9.17) is 9.15 Å². The van der Waals surface area contributed by atoms with E-state index in [-0.39, 0.29) is 23.5 Å². The van der Waals surface area contributed by atoms with Gasteiger partial charge in [0.05, 0.1) is 18.5 Å². The number of piperazine rings is 1. The van der Waals surface area contributed by atoms with Gasteiger partial charge in [-0.05, 0) is 44.2 Å². The number of para-hydroxylation sites is 2. The molecule has 0 radical (unpaired) electrons. The number of furan rings is 1. The predicted octanol–water partition coefficient (Wildman–Crippen LogP) is 3.11. The van der Waals surface area contributed by atoms with E-state index in [1.54, 1.807) is 49.5 Å². The molecule has 11 heteroatoms. The number of alkyl halides is 3. The first-order valence-electron chi connectivity index (χ1n) is 11.8. The minimum atomic E-state index is -4.40. The summed E-state index contributed by atoms with van der Waals surface area (Å²) in [4.78, 5) is 29.7. The Labute approximate surface area is 206 Å². The number of rotatable bonds is 9. The Morgan fingerprint density at radius 3 is 2.44 bits per heavy atom. The zero-order valence-corrected chi connectivity index (χ0v) is 20.0. The molecule has 0 spiro atoms. The molecular formula is C25H29F3N4O4. The Kier molecular flexibility index (Phi) is 7.88. The molecule has 0 N–H and O–H groups in total. The fourth-order valence-electron chi connectivity index (χ4n) is 4.34. The molecule has 0 atom stereocenters. The van der Waals surface area contributed by atoms with Crippen molar-refractivity contribution in [3.63, 3.8) is 0 Å². The zero-order valence-electron chi connectivity index (χ0n) is 20.0. The van der Waals surface area contributed by atoms with Crippen molar-refractivity contribution in [2.24, 2.45) is 0 Å². The number of hydrogen-bond donors (Lipinski definition) is 0. The van der Waals surface area contributed by atoms with Crippen molar-refractivity contribution in [2.75, 3.05) is 44.2 Å². The molecule has 0 bridgehead atoms. The molecule has 1 aliphatic heterocycles. The molecule has 36 heavy (non-hydrogen) atoms. The number of aryl methyl sites for hydroxylation is 1. The van der Waals surface area contributed by atoms with Gasteiger partial charge in [0.25, 0.3) is 5.56 Å². The van der Waals surface area contributed by atoms with Gasteiger partial charge >= 0.3 is 11.9 Å². The molecule has 0 amide bonds. The van der Waals surface area contributed by atoms with E-state index in [0.29, 0.717) is 62.7 Å². The lowest BCUT2D eigenvalue weighted by molar-refractivity contribution is -0.153. The van der Waals surface area contributed by atoms with Crippen LogP contribution >= 0.6 is 0 Å². The monoisotopic (exact) mass is 506 g/mol. The Hall–Kier alpha value is -3.47. The fourth-order valence-corrected chi connectivity index (χ4v) is 4.34. The van der Waals surface area contributed by atoms with Gasteiger partial charge in [0.1, 0.15) is 11.5 Å². The van der Waals surface area contributed by atoms with Crippen molar-refractivity contribution >= 4 is 5.69 Å². The van der Waals surface area contributed by atoms with Gasteiger partial charge in [0.2, 0.25) is 0 Å². The molecule has 1 aromatic carbocycles. The highest BCUT2D eigenvalue weighted by molar-refractivity contribution is 5.58. The summed E-state index contributed by atoms with van der Waals surface area (Å²) in [5.41, 5.74) is 0.462. The van der Waals surface area contributed by atoms with Gasteiger partial charge in [-0.25, -0.2) is 4.79 Å². The molecule has 194 valence electrons. The third kappa shape index (κ3) is 6.39. The third-order valence-corrected chi connectivity index (χ3v) is 6.14. The van der Waals surface area contributed by atoms with Crippen LogP contribution in [0.2, 0.25) is 0 Å². The van der Waals surface area contributed by atoms with Crippen LogP contribution in [0.5, 0.6) is 5.75 Å². The summed E-state index contributed by atoms with van der Waals surface area (Å²) in [6, 6.07) is 10.3. The molecule has 4 rings (SSSR count). The van der Waals surface area contributed by atoms with Crippen molar-refractivity contribution < 1.29 is 22.3 Å². The van der Waals surface area contributed by atoms with Crippen LogP contribution in [0.15, 0.2) is 62.9 Å². The summed E-state index contributed by atoms with van der Waals surface area (Å²) >= 11 is 0. The predicted molar refractivity (Wildman–Crippen MR) is 129 cm³/mol. The van der Waals surface area contributed by atoms with Crippen molar-refractivity contribution in [3.8, 4) is 5.75 Å². The number of aromatic nitrogens is 2. The summed E-state index contributed by atoms with van der Waals surface area (Å²) in [5.74, 6) is 0.845. The molecule has 0 aliphatic carbocycles. The Morgan fingerprint density at radius 1 is 1.00 bits per heavy atom. The zero-order chi connectivity index (χ0) is 25.7. The van der Waals surface area contributed by atoms with Crippen molar-refractivity contribution in [1.29, 1.82) is 0 Å². The fraction of sp³-hybridized carbons (Fsp3) is 0.440. The van der Waals surface area contributed by atoms with E-state index in [0.717, 1.165) is 0 Å². The van der Waals surface area contributed by atoms with Crippen molar-refractivity contribution in [3.05, 3.63) is 81.0 Å². The summed E-state index contributed by atoms with van der Waals surface area (Å²) in [6.07, 6.45) is -0.686. The van der Waals surface area contributed by atoms with E-state index in [1.807, 2.05) is 4.90 Å². The molecule has 1 saturated heterocycles. The van der Waals surface area contributed by atoms with Crippen LogP contribution in [0.4, 0.5) is 18.9 Å². The molecule has 1 aliphatic rings. The molecule has 0 unspecified atom stereocenters. The molecule has 8 nitrogen and oxygen atoms in total. The topological polar surface area (TPSA) is 72.8 Å². The average Bonchev–Trinajstić information content (AvgIpc) is 3.37. The van der Waals surface area contributed by atoms with Crippen molar-refractivity contribution in [2.45, 2.75) is 32.6 Å². The standard InChI is InChI=1S/C25H29F3N4O4/c1-19-16-31(17-20-6-4-15-35-20)24(34)32(23(19)33)10-5-9-29-11-13-30(14-12-29)21-7-2-3-8-22(21)36-18-25(26,27)28/h2-4,6-8,15-16H,5,9-14,17-18H2,1H3. The van der Waals surface area contributed by atoms with Gasteiger partial charge in [0.15, 0.2) is 6.61 Å². The molecule has 1 fully saturated rings. The number of nitrogens with zero attached hydrogens (tertiary/aromatic N) is 4. The average molecular weight is 507 g/mol. The van der Waals surface area contributed by atoms with Crippen LogP contribution in [0, 0.1) is 6.92 Å². The van der Waals surface area contributed by atoms with Crippen LogP contribution < -0.4 is 20.9 Å². The highest BCUT2D eigenvalue weighted by Crippen LogP contribution is 2.30. The van der Waals surface area contributed by atoms with Crippen LogP contribution in [0.25, 0.3) is 0 Å². The van der Waals surface area contributed by atoms with E-state index in [9.17, 15) is 22.8 Å². The second kappa shape index (κ2) is 11.1. The van der Waals surface area contributed by atoms with Gasteiger partial charge in [-0.1, -0.05) is 12.1 Å². The largest absolute Gasteiger partial charge is 0.482 e. The Bertz CT molecular complexity index is 1260. The number of halogens is 3. The van der Waals surface area contributed by atoms with E-state index >= 15 is 0 Å². The molecule has 3 aromatic rings. The van der Waals surface area contributed by atoms with Gasteiger partial charge in [-0.3, -0.25) is 18.8 Å². The lowest BCUT2D eigenvalue weighted by Crippen LogP contribution is -2.47. The minimum absolute atomic E-state index is 0.216. The van der Waals surface area contributed by atoms with E-state index in [1.165, 1.54) is 15.4 Å². The van der Waals surface area contributed by atoms with Crippen LogP contribution in [0.3, 0.4) is 0 Å². The van der Waals surface area contributed by atoms with Gasteiger partial charge in [-0.2, -0.15) is 13.2 Å². The summed E-state index contributed by atoms with van der Waals surface area (Å²) in [5, 5.41) is 0. The van der Waals surface area contributed by atoms with Gasteiger partial charge < -0.3 is 14.1 Å². The molecule has 0 saturated carbocycles. The van der Waals surface area contributed by atoms with Crippen LogP contribution in [-0.2, 0) is 13.1 Å². The maximum atomic E-state index is 12.9. The quantitative estimate of drug-likeness (QED) is 0.444. The second-order valence-electron chi connectivity index (χ2n) is 8.81. The molecular weight excluding hydrogens is 477 g/mol. The summed E-state index contributed by atoms with van der Waals surface area (Å²) < 4.78 is 50.9. The SMILES string of the molecule is Cc1cn(Cc2ccco2)c(=O)n(CCCN2CCN(c3ccccc3OCC(F)(F)F)CC2)c1=O. The first kappa shape index (κ1) is 25.6. The lowest BCUT2D eigenvalue weighted by atomic mass is 10.2. The smallest absolute Gasteiger partial charge is 0.422 e. The molecule has 3 heterocycles. The number of anilines is 1. The maximum absolute atomic E-state index is 12.9. The highest BCUT2D eigenvalue weighted by atomic mass is 19.4. The summed E-state index contributed by atoms with van der Waals surface area (Å²) in [7, 11) is 0. The first-order chi connectivity index (χ1) is 17.2. The van der Waals surface area contributed by atoms with Crippen LogP contribution in [0.1, 0.15) is 17.7 Å². The first-order valence-corrected chi connectivity index (χ1v) is 11.8. The number of benzene rings is 1. The number of hydrogen-bond acceptors (Lipinski definition) is 6. The maximum Gasteiger partial charge on any atom is 0.422 e.